The molecule has 0 spiro atoms. The van der Waals surface area contributed by atoms with Crippen molar-refractivity contribution in [1.29, 1.82) is 0 Å². The highest BCUT2D eigenvalue weighted by Gasteiger charge is 2.12. The van der Waals surface area contributed by atoms with Gasteiger partial charge in [-0.25, -0.2) is 0 Å². The first kappa shape index (κ1) is 6.05. The number of rotatable bonds is 0. The predicted octanol–water partition coefficient (Wildman–Crippen LogP) is 0.922. The Kier molecular flexibility index (Phi) is 1.86. The zero-order valence-electron chi connectivity index (χ0n) is 5.01. The zero-order chi connectivity index (χ0) is 5.98. The van der Waals surface area contributed by atoms with Crippen molar-refractivity contribution in [2.24, 2.45) is 5.92 Å². The van der Waals surface area contributed by atoms with Crippen LogP contribution in [0.1, 0.15) is 12.8 Å². The lowest BCUT2D eigenvalue weighted by Gasteiger charge is -2.24. The summed E-state index contributed by atoms with van der Waals surface area (Å²) in [7, 11) is 0. The number of nitrogens with zero attached hydrogens (tertiary/aromatic N) is 1. The number of hydroxylamine groups is 2. The van der Waals surface area contributed by atoms with E-state index in [1.165, 1.54) is 5.06 Å². The number of piperidine rings is 1. The zero-order valence-corrected chi connectivity index (χ0v) is 5.01. The van der Waals surface area contributed by atoms with Crippen molar-refractivity contribution in [3.8, 4) is 0 Å². The summed E-state index contributed by atoms with van der Waals surface area (Å²) in [5, 5.41) is 10.2. The minimum absolute atomic E-state index is 0.568. The fraction of sp³-hybridized carbons (Fsp3) is 0.833. The molecule has 2 heteroatoms. The van der Waals surface area contributed by atoms with Gasteiger partial charge in [0.2, 0.25) is 0 Å². The molecule has 1 fully saturated rings. The fourth-order valence-electron chi connectivity index (χ4n) is 0.919. The van der Waals surface area contributed by atoms with E-state index in [-0.39, 0.29) is 0 Å². The molecule has 0 unspecified atom stereocenters. The molecule has 1 aliphatic heterocycles. The molecule has 2 nitrogen and oxygen atoms in total. The van der Waals surface area contributed by atoms with Gasteiger partial charge in [-0.15, -0.1) is 0 Å². The average Bonchev–Trinajstić information content (AvgIpc) is 1.77. The minimum Gasteiger partial charge on any atom is -0.314 e. The normalized spacial score (nSPS) is 26.2. The van der Waals surface area contributed by atoms with Gasteiger partial charge in [-0.2, -0.15) is 5.06 Å². The molecule has 0 bridgehead atoms. The molecule has 1 heterocycles. The molecule has 8 heavy (non-hydrogen) atoms. The molecule has 0 aliphatic carbocycles. The van der Waals surface area contributed by atoms with Gasteiger partial charge in [-0.05, 0) is 18.8 Å². The molecule has 1 aliphatic rings. The van der Waals surface area contributed by atoms with Crippen molar-refractivity contribution >= 4 is 0 Å². The van der Waals surface area contributed by atoms with Crippen molar-refractivity contribution in [2.75, 3.05) is 13.1 Å². The maximum Gasteiger partial charge on any atom is 0.0240 e. The molecule has 0 atom stereocenters. The Morgan fingerprint density at radius 2 is 1.88 bits per heavy atom. The van der Waals surface area contributed by atoms with E-state index in [1.807, 2.05) is 0 Å². The highest BCUT2D eigenvalue weighted by molar-refractivity contribution is 4.68. The molecule has 1 radical (unpaired) electrons. The molecular formula is C6H12NO. The molecule has 0 aromatic carbocycles. The van der Waals surface area contributed by atoms with Crippen molar-refractivity contribution in [3.63, 3.8) is 0 Å². The third-order valence-corrected chi connectivity index (χ3v) is 1.59. The highest BCUT2D eigenvalue weighted by atomic mass is 16.5. The van der Waals surface area contributed by atoms with Gasteiger partial charge in [-0.1, -0.05) is 6.92 Å². The van der Waals surface area contributed by atoms with Crippen LogP contribution in [0.15, 0.2) is 0 Å². The largest absolute Gasteiger partial charge is 0.314 e. The quantitative estimate of drug-likeness (QED) is 0.506. The van der Waals surface area contributed by atoms with Crippen LogP contribution in [0.25, 0.3) is 0 Å². The van der Waals surface area contributed by atoms with E-state index in [4.69, 9.17) is 5.21 Å². The van der Waals surface area contributed by atoms with Crippen molar-refractivity contribution in [2.45, 2.75) is 12.8 Å². The van der Waals surface area contributed by atoms with Crippen LogP contribution in [0.5, 0.6) is 0 Å². The number of hydrogen-bond acceptors (Lipinski definition) is 2. The second-order valence-electron chi connectivity index (χ2n) is 2.40. The molecule has 0 aromatic rings. The molecular weight excluding hydrogens is 102 g/mol. The monoisotopic (exact) mass is 114 g/mol. The van der Waals surface area contributed by atoms with Crippen LogP contribution in [0.4, 0.5) is 0 Å². The van der Waals surface area contributed by atoms with Gasteiger partial charge in [-0.3, -0.25) is 0 Å². The Labute approximate surface area is 50.1 Å². The Morgan fingerprint density at radius 1 is 1.38 bits per heavy atom. The molecule has 0 amide bonds. The fourth-order valence-corrected chi connectivity index (χ4v) is 0.919. The second kappa shape index (κ2) is 2.46. The lowest BCUT2D eigenvalue weighted by Crippen LogP contribution is -2.29. The van der Waals surface area contributed by atoms with E-state index in [0.29, 0.717) is 5.92 Å². The predicted molar refractivity (Wildman–Crippen MR) is 31.4 cm³/mol. The van der Waals surface area contributed by atoms with E-state index in [2.05, 4.69) is 6.92 Å². The van der Waals surface area contributed by atoms with E-state index in [9.17, 15) is 0 Å². The minimum atomic E-state index is 0.568. The Morgan fingerprint density at radius 3 is 2.25 bits per heavy atom. The smallest absolute Gasteiger partial charge is 0.0240 e. The first-order valence-corrected chi connectivity index (χ1v) is 3.06. The van der Waals surface area contributed by atoms with E-state index >= 15 is 0 Å². The third-order valence-electron chi connectivity index (χ3n) is 1.59. The van der Waals surface area contributed by atoms with Crippen LogP contribution in [-0.4, -0.2) is 23.4 Å². The van der Waals surface area contributed by atoms with Crippen LogP contribution in [0, 0.1) is 12.8 Å². The second-order valence-corrected chi connectivity index (χ2v) is 2.40. The highest BCUT2D eigenvalue weighted by Crippen LogP contribution is 2.12. The van der Waals surface area contributed by atoms with E-state index < -0.39 is 0 Å². The summed E-state index contributed by atoms with van der Waals surface area (Å²) >= 11 is 0. The van der Waals surface area contributed by atoms with Crippen molar-refractivity contribution < 1.29 is 5.21 Å². The summed E-state index contributed by atoms with van der Waals surface area (Å²) < 4.78 is 0. The molecule has 1 N–H and O–H groups in total. The van der Waals surface area contributed by atoms with Crippen LogP contribution < -0.4 is 0 Å². The van der Waals surface area contributed by atoms with Gasteiger partial charge in [0.05, 0.1) is 0 Å². The summed E-state index contributed by atoms with van der Waals surface area (Å²) in [6.45, 7) is 5.49. The number of hydrogen-bond donors (Lipinski definition) is 1. The van der Waals surface area contributed by atoms with Gasteiger partial charge in [0, 0.05) is 13.1 Å². The Hall–Kier alpha value is -0.0800. The first-order chi connectivity index (χ1) is 3.79. The first-order valence-electron chi connectivity index (χ1n) is 3.06. The average molecular weight is 114 g/mol. The lowest BCUT2D eigenvalue weighted by molar-refractivity contribution is -0.109. The lowest BCUT2D eigenvalue weighted by atomic mass is 10.0. The van der Waals surface area contributed by atoms with Gasteiger partial charge in [0.1, 0.15) is 0 Å². The molecule has 47 valence electrons. The third kappa shape index (κ3) is 1.46. The standard InChI is InChI=1S/C6H12NO/c1-6-2-4-7(8)5-3-6/h6,8H,1-5H2. The molecule has 0 aromatic heterocycles. The van der Waals surface area contributed by atoms with Gasteiger partial charge >= 0.3 is 0 Å². The van der Waals surface area contributed by atoms with Gasteiger partial charge < -0.3 is 5.21 Å². The SMILES string of the molecule is [CH2]C1CCN(O)CC1. The topological polar surface area (TPSA) is 23.5 Å². The summed E-state index contributed by atoms with van der Waals surface area (Å²) in [6, 6.07) is 0. The summed E-state index contributed by atoms with van der Waals surface area (Å²) in [6.07, 6.45) is 2.08. The van der Waals surface area contributed by atoms with Crippen LogP contribution in [-0.2, 0) is 0 Å². The van der Waals surface area contributed by atoms with Crippen molar-refractivity contribution in [3.05, 3.63) is 6.92 Å². The van der Waals surface area contributed by atoms with Crippen LogP contribution in [0.3, 0.4) is 0 Å². The van der Waals surface area contributed by atoms with Crippen LogP contribution >= 0.6 is 0 Å². The van der Waals surface area contributed by atoms with Gasteiger partial charge in [0.15, 0.2) is 0 Å². The van der Waals surface area contributed by atoms with Crippen LogP contribution in [0.2, 0.25) is 0 Å². The Balaban J connectivity index is 2.19. The molecule has 1 rings (SSSR count). The maximum absolute atomic E-state index is 8.83. The maximum atomic E-state index is 8.83. The Bertz CT molecular complexity index is 56.9. The van der Waals surface area contributed by atoms with E-state index in [1.54, 1.807) is 0 Å². The summed E-state index contributed by atoms with van der Waals surface area (Å²) in [5.74, 6) is 0.568. The van der Waals surface area contributed by atoms with E-state index in [0.717, 1.165) is 25.9 Å². The van der Waals surface area contributed by atoms with Crippen molar-refractivity contribution in [1.82, 2.24) is 5.06 Å². The molecule has 0 saturated carbocycles. The summed E-state index contributed by atoms with van der Waals surface area (Å²) in [5.41, 5.74) is 0. The molecule has 1 saturated heterocycles. The summed E-state index contributed by atoms with van der Waals surface area (Å²) in [4.78, 5) is 0. The van der Waals surface area contributed by atoms with Gasteiger partial charge in [0.25, 0.3) is 0 Å².